The highest BCUT2D eigenvalue weighted by Gasteiger charge is 2.59. The van der Waals surface area contributed by atoms with Crippen molar-refractivity contribution in [1.29, 1.82) is 0 Å². The first-order chi connectivity index (χ1) is 14.6. The highest BCUT2D eigenvalue weighted by Crippen LogP contribution is 2.67. The Hall–Kier alpha value is -0.340. The van der Waals surface area contributed by atoms with Crippen LogP contribution in [0, 0.1) is 45.8 Å². The highest BCUT2D eigenvalue weighted by atomic mass is 16.3. The van der Waals surface area contributed by atoms with Gasteiger partial charge in [0.25, 0.3) is 0 Å². The predicted octanol–water partition coefficient (Wildman–Crippen LogP) is 7.53. The summed E-state index contributed by atoms with van der Waals surface area (Å²) < 4.78 is 0. The van der Waals surface area contributed by atoms with E-state index in [1.807, 2.05) is 13.8 Å². The lowest BCUT2D eigenvalue weighted by Gasteiger charge is -2.59. The third kappa shape index (κ3) is 3.94. The zero-order chi connectivity index (χ0) is 23.7. The van der Waals surface area contributed by atoms with Crippen LogP contribution in [0.5, 0.6) is 0 Å². The van der Waals surface area contributed by atoms with Crippen LogP contribution < -0.4 is 0 Å². The van der Waals surface area contributed by atoms with E-state index in [1.165, 1.54) is 32.1 Å². The number of fused-ring (bicyclic) bond motifs is 5. The number of allylic oxidation sites excluding steroid dienone is 1. The van der Waals surface area contributed by atoms with Crippen LogP contribution in [0.3, 0.4) is 0 Å². The maximum absolute atomic E-state index is 11.0. The molecule has 0 aromatic heterocycles. The normalized spacial score (nSPS) is 47.0. The fourth-order valence-electron chi connectivity index (χ4n) is 8.86. The van der Waals surface area contributed by atoms with E-state index < -0.39 is 11.2 Å². The Balaban J connectivity index is 1.49. The maximum atomic E-state index is 11.0. The first kappa shape index (κ1) is 24.8. The van der Waals surface area contributed by atoms with Gasteiger partial charge < -0.3 is 10.2 Å². The molecule has 9 atom stereocenters. The summed E-state index contributed by atoms with van der Waals surface area (Å²) in [6, 6.07) is 0. The fraction of sp³-hybridized carbons (Fsp3) is 0.933. The van der Waals surface area contributed by atoms with E-state index in [0.29, 0.717) is 16.7 Å². The van der Waals surface area contributed by atoms with Crippen LogP contribution in [0.15, 0.2) is 11.6 Å². The van der Waals surface area contributed by atoms with Gasteiger partial charge in [0.2, 0.25) is 0 Å². The summed E-state index contributed by atoms with van der Waals surface area (Å²) in [5, 5.41) is 21.8. The molecule has 2 nitrogen and oxygen atoms in total. The summed E-state index contributed by atoms with van der Waals surface area (Å²) in [5.41, 5.74) is 1.20. The first-order valence-corrected chi connectivity index (χ1v) is 13.8. The smallest absolute Gasteiger partial charge is 0.0667 e. The predicted molar refractivity (Wildman–Crippen MR) is 134 cm³/mol. The standard InChI is InChI=1S/C30H52O2/c1-20(13-16-30(8,32)26(2,3)4)23-11-12-24-22-10-9-21-19-27(5,31)17-18-28(21,6)25(22)14-15-29(23,24)7/h9,20,22-25,31-32H,10-19H2,1-8H3/t20-,22+,23-,24+,25+,27+,28+,29-,30-/m1/s1. The van der Waals surface area contributed by atoms with E-state index in [0.717, 1.165) is 55.8 Å². The van der Waals surface area contributed by atoms with Gasteiger partial charge in [-0.25, -0.2) is 0 Å². The first-order valence-electron chi connectivity index (χ1n) is 13.8. The van der Waals surface area contributed by atoms with Gasteiger partial charge in [0.05, 0.1) is 11.2 Å². The number of hydrogen-bond donors (Lipinski definition) is 2. The molecule has 0 radical (unpaired) electrons. The molecule has 0 bridgehead atoms. The van der Waals surface area contributed by atoms with E-state index in [2.05, 4.69) is 47.6 Å². The van der Waals surface area contributed by atoms with Crippen LogP contribution in [-0.4, -0.2) is 21.4 Å². The van der Waals surface area contributed by atoms with Crippen molar-refractivity contribution in [3.05, 3.63) is 11.6 Å². The Morgan fingerprint density at radius 1 is 1.00 bits per heavy atom. The minimum absolute atomic E-state index is 0.0703. The number of rotatable bonds is 4. The molecule has 184 valence electrons. The van der Waals surface area contributed by atoms with Gasteiger partial charge in [0.15, 0.2) is 0 Å². The molecule has 4 rings (SSSR count). The minimum atomic E-state index is -0.598. The van der Waals surface area contributed by atoms with Gasteiger partial charge in [-0.05, 0) is 124 Å². The zero-order valence-corrected chi connectivity index (χ0v) is 22.4. The van der Waals surface area contributed by atoms with Gasteiger partial charge in [-0.15, -0.1) is 0 Å². The van der Waals surface area contributed by atoms with Crippen LogP contribution in [0.1, 0.15) is 120 Å². The minimum Gasteiger partial charge on any atom is -0.390 e. The Labute approximate surface area is 198 Å². The molecule has 0 amide bonds. The van der Waals surface area contributed by atoms with E-state index in [1.54, 1.807) is 5.57 Å². The van der Waals surface area contributed by atoms with E-state index >= 15 is 0 Å². The molecule has 3 saturated carbocycles. The SMILES string of the molecule is C[C@H](CC[C@@](C)(O)C(C)(C)C)[C@H]1CC[C@H]2[C@@H]3CC=C4C[C@@](C)(O)CC[C@]4(C)[C@H]3CC[C@]12C. The second-order valence-electron chi connectivity index (χ2n) is 14.7. The molecular weight excluding hydrogens is 392 g/mol. The van der Waals surface area contributed by atoms with Crippen molar-refractivity contribution in [3.63, 3.8) is 0 Å². The van der Waals surface area contributed by atoms with Crippen molar-refractivity contribution >= 4 is 0 Å². The molecular formula is C30H52O2. The topological polar surface area (TPSA) is 40.5 Å². The van der Waals surface area contributed by atoms with Gasteiger partial charge in [0, 0.05) is 0 Å². The highest BCUT2D eigenvalue weighted by molar-refractivity contribution is 5.26. The summed E-state index contributed by atoms with van der Waals surface area (Å²) in [7, 11) is 0. The maximum Gasteiger partial charge on any atom is 0.0667 e. The van der Waals surface area contributed by atoms with Crippen LogP contribution in [0.4, 0.5) is 0 Å². The number of aliphatic hydroxyl groups is 2. The Kier molecular flexibility index (Phi) is 6.07. The third-order valence-electron chi connectivity index (χ3n) is 11.8. The summed E-state index contributed by atoms with van der Waals surface area (Å²) >= 11 is 0. The molecule has 0 aromatic carbocycles. The van der Waals surface area contributed by atoms with Gasteiger partial charge in [0.1, 0.15) is 0 Å². The molecule has 0 heterocycles. The summed E-state index contributed by atoms with van der Waals surface area (Å²) in [6.45, 7) is 18.2. The molecule has 4 aliphatic carbocycles. The van der Waals surface area contributed by atoms with E-state index in [4.69, 9.17) is 0 Å². The molecule has 0 aromatic rings. The average Bonchev–Trinajstić information content (AvgIpc) is 3.03. The average molecular weight is 445 g/mol. The second kappa shape index (κ2) is 7.84. The van der Waals surface area contributed by atoms with Gasteiger partial charge >= 0.3 is 0 Å². The van der Waals surface area contributed by atoms with Crippen molar-refractivity contribution in [1.82, 2.24) is 0 Å². The lowest BCUT2D eigenvalue weighted by Crippen LogP contribution is -2.52. The van der Waals surface area contributed by atoms with Gasteiger partial charge in [-0.3, -0.25) is 0 Å². The fourth-order valence-corrected chi connectivity index (χ4v) is 8.86. The largest absolute Gasteiger partial charge is 0.390 e. The molecule has 0 unspecified atom stereocenters. The van der Waals surface area contributed by atoms with Crippen molar-refractivity contribution in [3.8, 4) is 0 Å². The lowest BCUT2D eigenvalue weighted by atomic mass is 9.46. The quantitative estimate of drug-likeness (QED) is 0.440. The molecule has 0 saturated heterocycles. The summed E-state index contributed by atoms with van der Waals surface area (Å²) in [4.78, 5) is 0. The van der Waals surface area contributed by atoms with Crippen molar-refractivity contribution < 1.29 is 10.2 Å². The third-order valence-corrected chi connectivity index (χ3v) is 11.8. The summed E-state index contributed by atoms with van der Waals surface area (Å²) in [5.74, 6) is 3.99. The summed E-state index contributed by atoms with van der Waals surface area (Å²) in [6.07, 6.45) is 14.4. The Morgan fingerprint density at radius 2 is 1.69 bits per heavy atom. The molecule has 2 N–H and O–H groups in total. The van der Waals surface area contributed by atoms with E-state index in [9.17, 15) is 10.2 Å². The van der Waals surface area contributed by atoms with Crippen LogP contribution in [0.25, 0.3) is 0 Å². The monoisotopic (exact) mass is 444 g/mol. The number of hydrogen-bond acceptors (Lipinski definition) is 2. The van der Waals surface area contributed by atoms with Crippen molar-refractivity contribution in [2.75, 3.05) is 0 Å². The van der Waals surface area contributed by atoms with Gasteiger partial charge in [-0.1, -0.05) is 53.2 Å². The second-order valence-corrected chi connectivity index (χ2v) is 14.7. The zero-order valence-electron chi connectivity index (χ0n) is 22.4. The van der Waals surface area contributed by atoms with Crippen molar-refractivity contribution in [2.45, 2.75) is 131 Å². The Bertz CT molecular complexity index is 740. The van der Waals surface area contributed by atoms with Crippen LogP contribution >= 0.6 is 0 Å². The molecule has 3 fully saturated rings. The van der Waals surface area contributed by atoms with Crippen LogP contribution in [-0.2, 0) is 0 Å². The molecule has 2 heteroatoms. The molecule has 4 aliphatic rings. The van der Waals surface area contributed by atoms with Crippen LogP contribution in [0.2, 0.25) is 0 Å². The Morgan fingerprint density at radius 3 is 2.34 bits per heavy atom. The van der Waals surface area contributed by atoms with Crippen molar-refractivity contribution in [2.24, 2.45) is 45.8 Å². The van der Waals surface area contributed by atoms with Gasteiger partial charge in [-0.2, -0.15) is 0 Å². The molecule has 0 spiro atoms. The molecule has 0 aliphatic heterocycles. The molecule has 32 heavy (non-hydrogen) atoms. The van der Waals surface area contributed by atoms with E-state index in [-0.39, 0.29) is 5.41 Å². The lowest BCUT2D eigenvalue weighted by molar-refractivity contribution is -0.0756.